The van der Waals surface area contributed by atoms with Crippen molar-refractivity contribution in [3.63, 3.8) is 0 Å². The summed E-state index contributed by atoms with van der Waals surface area (Å²) in [5.74, 6) is 1.14. The van der Waals surface area contributed by atoms with Gasteiger partial charge in [-0.15, -0.1) is 0 Å². The monoisotopic (exact) mass is 1460 g/mol. The summed E-state index contributed by atoms with van der Waals surface area (Å²) in [6.07, 6.45) is 19.5. The number of carbonyl (C=O) groups excluding carboxylic acids is 5. The van der Waals surface area contributed by atoms with Gasteiger partial charge in [0.1, 0.15) is 0 Å². The normalized spacial score (nSPS) is 16.5. The number of aliphatic hydroxyl groups is 4. The maximum absolute atomic E-state index is 12.2. The van der Waals surface area contributed by atoms with Crippen molar-refractivity contribution in [1.82, 2.24) is 24.9 Å². The fourth-order valence-corrected chi connectivity index (χ4v) is 10.5. The molecule has 5 rings (SSSR count). The molecule has 0 saturated carbocycles. The number of likely N-dealkylation sites (tertiary alicyclic amines) is 4. The van der Waals surface area contributed by atoms with E-state index in [-0.39, 0.29) is 198 Å². The standard InChI is InChI=1S/C16H29NO4.C12H25NO2.C8H16BrN.C8H17NO.C8H14O4.C7H15NO.C2H6.CH2O3.2CH4.B.Ca.2ClH.2Na.H/c1-5-20-14(18)16(3,15(19)21-6-2)10-7-13-8-11-17(4)12-9-13;1-12(9-14,10-15)6-3-11-4-7-13(2)8-5-11;1-10-6-3-8(2-5-9)4-7-10;1-9-5-2-8(3-6-9)4-7-10;1-4-11-7(9)6(3)8(10)12-5-2;9-6-3-7-1-4-8-5-2-7;1-2;2-1-4-3;;;;;;;;;/h13H,5-12H2,1-4H3;11,14-15H,3-10H2,1-2H3;8H,2-7H2,1H3;8,10H,2-7H2,1H3;6H,4-5H2,1-3H3;7-9H,1-6H2;1-2H3;1,3H;2*1H4;;;2*1H;;;/q;;;;;;;;;;;+2;;;2*+1;-1/p-3/i;;;;;;1D;;;;;;;;;;. The van der Waals surface area contributed by atoms with Gasteiger partial charge in [0, 0.05) is 33.7 Å². The van der Waals surface area contributed by atoms with Crippen LogP contribution in [0.2, 0.25) is 0 Å². The van der Waals surface area contributed by atoms with Gasteiger partial charge >= 0.3 is 121 Å². The molecule has 5 heterocycles. The Morgan fingerprint density at radius 3 is 1.11 bits per heavy atom. The van der Waals surface area contributed by atoms with E-state index in [9.17, 15) is 29.4 Å². The molecule has 5 aliphatic rings. The minimum atomic E-state index is -1.17. The van der Waals surface area contributed by atoms with Crippen LogP contribution >= 0.6 is 15.9 Å². The van der Waals surface area contributed by atoms with Crippen LogP contribution in [0.4, 0.5) is 0 Å². The summed E-state index contributed by atoms with van der Waals surface area (Å²) in [5.41, 5.74) is -1.45. The number of ether oxygens (including phenoxy) is 4. The molecule has 0 aromatic heterocycles. The first-order chi connectivity index (χ1) is 40.1. The van der Waals surface area contributed by atoms with Crippen LogP contribution in [0.15, 0.2) is 0 Å². The van der Waals surface area contributed by atoms with Crippen molar-refractivity contribution in [1.29, 1.82) is 0 Å². The third kappa shape index (κ3) is 61.0. The molecule has 0 atom stereocenters. The molecule has 0 unspecified atom stereocenters. The van der Waals surface area contributed by atoms with Gasteiger partial charge < -0.3 is 101 Å². The third-order valence-corrected chi connectivity index (χ3v) is 16.6. The Hall–Kier alpha value is 1.33. The Kier molecular flexibility index (Phi) is 96.2. The Labute approximate surface area is 655 Å². The van der Waals surface area contributed by atoms with Gasteiger partial charge in [0.05, 0.1) is 39.6 Å². The van der Waals surface area contributed by atoms with Crippen LogP contribution in [-0.2, 0) is 47.8 Å². The molecule has 91 heavy (non-hydrogen) atoms. The van der Waals surface area contributed by atoms with Crippen LogP contribution in [0.3, 0.4) is 0 Å². The van der Waals surface area contributed by atoms with E-state index < -0.39 is 35.2 Å². The van der Waals surface area contributed by atoms with Crippen molar-refractivity contribution in [3.05, 3.63) is 0 Å². The second-order valence-corrected chi connectivity index (χ2v) is 23.9. The number of carbonyl (C=O) groups is 5. The van der Waals surface area contributed by atoms with Gasteiger partial charge in [-0.05, 0) is 274 Å². The average Bonchev–Trinajstić information content (AvgIpc) is 2.81. The van der Waals surface area contributed by atoms with Crippen LogP contribution in [-0.4, -0.2) is 268 Å². The quantitative estimate of drug-likeness (QED) is 0.00943. The van der Waals surface area contributed by atoms with Crippen molar-refractivity contribution in [3.8, 4) is 0 Å². The molecule has 5 saturated heterocycles. The van der Waals surface area contributed by atoms with Crippen molar-refractivity contribution >= 4 is 92.4 Å². The number of piperidine rings is 5. The molecule has 0 aliphatic carbocycles. The molecular formula is C64H132BBrCaCl2N5Na2O15. The molecule has 0 bridgehead atoms. The first-order valence-electron chi connectivity index (χ1n) is 31.9. The zero-order valence-electron chi connectivity index (χ0n) is 60.2. The molecule has 5 N–H and O–H groups in total. The molecule has 0 aromatic rings. The second kappa shape index (κ2) is 77.1. The minimum Gasteiger partial charge on any atom is -1.00 e. The average molecular weight is 1460 g/mol. The number of hydrogen-bond acceptors (Lipinski definition) is 20. The molecule has 0 aromatic carbocycles. The Morgan fingerprint density at radius 2 is 0.857 bits per heavy atom. The Bertz CT molecular complexity index is 1550. The minimum absolute atomic E-state index is 0. The van der Waals surface area contributed by atoms with Gasteiger partial charge in [0.2, 0.25) is 0 Å². The zero-order valence-corrected chi connectivity index (χ0v) is 67.5. The number of nitrogens with one attached hydrogen (secondary N) is 1. The fourth-order valence-electron chi connectivity index (χ4n) is 9.85. The van der Waals surface area contributed by atoms with Crippen molar-refractivity contribution in [2.75, 3.05) is 152 Å². The van der Waals surface area contributed by atoms with Crippen molar-refractivity contribution in [2.45, 2.75) is 186 Å². The fraction of sp³-hybridized carbons (Fsp3) is 0.922. The first-order valence-corrected chi connectivity index (χ1v) is 32.3. The molecule has 20 nitrogen and oxygen atoms in total. The third-order valence-electron chi connectivity index (χ3n) is 16.1. The summed E-state index contributed by atoms with van der Waals surface area (Å²) in [6.45, 7) is 28.0. The predicted molar refractivity (Wildman–Crippen MR) is 357 cm³/mol. The smallest absolute Gasteiger partial charge is 1.00 e. The van der Waals surface area contributed by atoms with Gasteiger partial charge in [0.15, 0.2) is 11.3 Å². The zero-order chi connectivity index (χ0) is 64.2. The van der Waals surface area contributed by atoms with Gasteiger partial charge in [-0.25, -0.2) is 0 Å². The van der Waals surface area contributed by atoms with Gasteiger partial charge in [0.25, 0.3) is 6.47 Å². The number of nitrogens with zero attached hydrogens (tertiary/aromatic N) is 4. The second-order valence-electron chi connectivity index (χ2n) is 23.1. The largest absolute Gasteiger partial charge is 2.00 e. The summed E-state index contributed by atoms with van der Waals surface area (Å²) >= 11 is 3.49. The number of aliphatic hydroxyl groups excluding tert-OH is 4. The van der Waals surface area contributed by atoms with E-state index in [2.05, 4.69) is 83.4 Å². The van der Waals surface area contributed by atoms with E-state index in [1.807, 2.05) is 6.92 Å². The Morgan fingerprint density at radius 1 is 0.593 bits per heavy atom. The van der Waals surface area contributed by atoms with E-state index in [0.29, 0.717) is 32.5 Å². The molecule has 0 amide bonds. The summed E-state index contributed by atoms with van der Waals surface area (Å²) in [6, 6.07) is 0. The number of alkyl halides is 1. The molecule has 5 aliphatic heterocycles. The summed E-state index contributed by atoms with van der Waals surface area (Å²) in [5, 5.41) is 48.6. The molecule has 5 fully saturated rings. The maximum Gasteiger partial charge on any atom is 2.00 e. The van der Waals surface area contributed by atoms with E-state index in [4.69, 9.17) is 31.1 Å². The van der Waals surface area contributed by atoms with Crippen LogP contribution in [0.5, 0.6) is 0 Å². The van der Waals surface area contributed by atoms with Crippen LogP contribution in [0.1, 0.15) is 189 Å². The first kappa shape index (κ1) is 114. The van der Waals surface area contributed by atoms with Gasteiger partial charge in [-0.1, -0.05) is 51.5 Å². The van der Waals surface area contributed by atoms with E-state index in [0.717, 1.165) is 94.8 Å². The topological polar surface area (TPSA) is 260 Å². The van der Waals surface area contributed by atoms with Crippen molar-refractivity contribution in [2.24, 2.45) is 46.3 Å². The SMILES string of the molecule is C.C.CCOC(=O)C(C)(CCC1CCN(C)CC1)C(=O)OCC.CCOC(=O)C(C)C(=O)OCC.CN1CCC(CCBr)CC1.CN1CCC(CCC(C)(CO)CO)CC1.CN1CCC(CCO)CC1.O=CO[O-].OCCC1CCNCC1.[2H]CC.[B].[Ca+2].[Cl-].[Cl-].[H-].[Na+].[Na+]. The van der Waals surface area contributed by atoms with Crippen LogP contribution in [0.25, 0.3) is 0 Å². The predicted octanol–water partition coefficient (Wildman–Crippen LogP) is -4.62. The number of hydrogen-bond donors (Lipinski definition) is 5. The molecule has 27 heteroatoms. The van der Waals surface area contributed by atoms with Gasteiger partial charge in [-0.2, -0.15) is 0 Å². The van der Waals surface area contributed by atoms with E-state index >= 15 is 0 Å². The summed E-state index contributed by atoms with van der Waals surface area (Å²) in [7, 11) is 8.67. The summed E-state index contributed by atoms with van der Waals surface area (Å²) in [4.78, 5) is 66.9. The van der Waals surface area contributed by atoms with Crippen LogP contribution < -0.4 is 94.5 Å². The molecular weight excluding hydrogens is 1330 g/mol. The van der Waals surface area contributed by atoms with E-state index in [1.54, 1.807) is 41.5 Å². The summed E-state index contributed by atoms with van der Waals surface area (Å²) < 4.78 is 25.6. The number of halogens is 3. The molecule has 3 radical (unpaired) electrons. The number of esters is 4. The Balaban J connectivity index is -0.0000000829. The van der Waals surface area contributed by atoms with Gasteiger partial charge in [-0.3, -0.25) is 24.0 Å². The van der Waals surface area contributed by atoms with Crippen LogP contribution in [0, 0.1) is 46.3 Å². The maximum atomic E-state index is 12.2. The molecule has 0 spiro atoms. The number of rotatable bonds is 23. The molecule has 531 valence electrons. The van der Waals surface area contributed by atoms with Crippen molar-refractivity contribution < 1.29 is 160 Å². The van der Waals surface area contributed by atoms with E-state index in [1.165, 1.54) is 109 Å².